The first kappa shape index (κ1) is 13.1. The number of phenolic OH excluding ortho intramolecular Hbond substituents is 1. The summed E-state index contributed by atoms with van der Waals surface area (Å²) < 4.78 is 0. The molecule has 0 saturated carbocycles. The van der Waals surface area contributed by atoms with Gasteiger partial charge in [-0.1, -0.05) is 11.6 Å². The second-order valence-corrected chi connectivity index (χ2v) is 5.38. The summed E-state index contributed by atoms with van der Waals surface area (Å²) in [4.78, 5) is 27.3. The number of carbonyl (C=O) groups is 2. The lowest BCUT2D eigenvalue weighted by atomic mass is 10.1. The molecule has 2 saturated heterocycles. The van der Waals surface area contributed by atoms with Crippen LogP contribution in [0.25, 0.3) is 0 Å². The second kappa shape index (κ2) is 4.86. The minimum Gasteiger partial charge on any atom is -0.507 e. The first-order valence-corrected chi connectivity index (χ1v) is 6.76. The molecule has 7 heteroatoms. The Balaban J connectivity index is 1.77. The van der Waals surface area contributed by atoms with Gasteiger partial charge in [0, 0.05) is 31.2 Å². The molecule has 1 atom stereocenters. The van der Waals surface area contributed by atoms with Crippen LogP contribution in [-0.4, -0.2) is 59.1 Å². The highest BCUT2D eigenvalue weighted by molar-refractivity contribution is 6.30. The molecule has 2 fully saturated rings. The molecule has 0 spiro atoms. The Hall–Kier alpha value is -1.95. The molecule has 6 nitrogen and oxygen atoms in total. The molecule has 0 radical (unpaired) electrons. The van der Waals surface area contributed by atoms with Gasteiger partial charge < -0.3 is 20.2 Å². The largest absolute Gasteiger partial charge is 0.507 e. The number of rotatable bonds is 1. The van der Waals surface area contributed by atoms with E-state index in [0.29, 0.717) is 31.2 Å². The molecule has 2 aliphatic heterocycles. The van der Waals surface area contributed by atoms with Gasteiger partial charge in [-0.05, 0) is 18.2 Å². The van der Waals surface area contributed by atoms with Crippen molar-refractivity contribution < 1.29 is 14.7 Å². The van der Waals surface area contributed by atoms with Crippen molar-refractivity contribution in [1.29, 1.82) is 0 Å². The van der Waals surface area contributed by atoms with Crippen LogP contribution in [0.5, 0.6) is 5.75 Å². The SMILES string of the molecule is O=C(c1ccc(Cl)cc1O)N1CCN2C(=O)NCC2C1. The summed E-state index contributed by atoms with van der Waals surface area (Å²) in [6, 6.07) is 4.38. The average molecular weight is 296 g/mol. The smallest absolute Gasteiger partial charge is 0.317 e. The van der Waals surface area contributed by atoms with E-state index < -0.39 is 0 Å². The molecule has 2 heterocycles. The highest BCUT2D eigenvalue weighted by Gasteiger charge is 2.37. The number of carbonyl (C=O) groups excluding carboxylic acids is 2. The molecule has 1 aromatic rings. The molecule has 0 aliphatic carbocycles. The maximum atomic E-state index is 12.4. The van der Waals surface area contributed by atoms with Crippen molar-refractivity contribution in [3.8, 4) is 5.75 Å². The number of nitrogens with one attached hydrogen (secondary N) is 1. The Kier molecular flexibility index (Phi) is 3.17. The number of fused-ring (bicyclic) bond motifs is 1. The van der Waals surface area contributed by atoms with Crippen LogP contribution in [0.2, 0.25) is 5.02 Å². The van der Waals surface area contributed by atoms with E-state index in [0.717, 1.165) is 0 Å². The Labute approximate surface area is 120 Å². The molecule has 2 aliphatic rings. The summed E-state index contributed by atoms with van der Waals surface area (Å²) >= 11 is 5.76. The van der Waals surface area contributed by atoms with Gasteiger partial charge >= 0.3 is 6.03 Å². The number of aromatic hydroxyl groups is 1. The number of benzene rings is 1. The van der Waals surface area contributed by atoms with Crippen LogP contribution < -0.4 is 5.32 Å². The zero-order valence-electron chi connectivity index (χ0n) is 10.7. The fourth-order valence-corrected chi connectivity index (χ4v) is 2.81. The van der Waals surface area contributed by atoms with Crippen molar-refractivity contribution in [1.82, 2.24) is 15.1 Å². The van der Waals surface area contributed by atoms with Crippen molar-refractivity contribution in [2.24, 2.45) is 0 Å². The number of nitrogens with zero attached hydrogens (tertiary/aromatic N) is 2. The summed E-state index contributed by atoms with van der Waals surface area (Å²) in [5, 5.41) is 13.0. The van der Waals surface area contributed by atoms with E-state index in [2.05, 4.69) is 5.32 Å². The Bertz CT molecular complexity index is 578. The van der Waals surface area contributed by atoms with Gasteiger partial charge in [-0.25, -0.2) is 4.79 Å². The number of amides is 3. The topological polar surface area (TPSA) is 72.9 Å². The number of halogens is 1. The molecular weight excluding hydrogens is 282 g/mol. The Morgan fingerprint density at radius 1 is 1.40 bits per heavy atom. The van der Waals surface area contributed by atoms with Gasteiger partial charge in [0.15, 0.2) is 0 Å². The second-order valence-electron chi connectivity index (χ2n) is 4.95. The summed E-state index contributed by atoms with van der Waals surface area (Å²) in [5.41, 5.74) is 0.236. The predicted molar refractivity (Wildman–Crippen MR) is 72.9 cm³/mol. The molecule has 0 bridgehead atoms. The zero-order valence-corrected chi connectivity index (χ0v) is 11.4. The van der Waals surface area contributed by atoms with Gasteiger partial charge in [-0.15, -0.1) is 0 Å². The highest BCUT2D eigenvalue weighted by atomic mass is 35.5. The lowest BCUT2D eigenvalue weighted by molar-refractivity contribution is 0.0614. The predicted octanol–water partition coefficient (Wildman–Crippen LogP) is 0.895. The maximum absolute atomic E-state index is 12.4. The molecule has 1 aromatic carbocycles. The van der Waals surface area contributed by atoms with Crippen LogP contribution in [0, 0.1) is 0 Å². The van der Waals surface area contributed by atoms with E-state index in [4.69, 9.17) is 11.6 Å². The third-order valence-corrected chi connectivity index (χ3v) is 3.94. The molecule has 3 amide bonds. The maximum Gasteiger partial charge on any atom is 0.317 e. The first-order chi connectivity index (χ1) is 9.56. The molecule has 106 valence electrons. The zero-order chi connectivity index (χ0) is 14.3. The molecule has 20 heavy (non-hydrogen) atoms. The standard InChI is InChI=1S/C13H14ClN3O3/c14-8-1-2-10(11(18)5-8)12(19)16-3-4-17-9(7-16)6-15-13(17)20/h1-2,5,9,18H,3-4,6-7H2,(H,15,20). The lowest BCUT2D eigenvalue weighted by Crippen LogP contribution is -2.53. The van der Waals surface area contributed by atoms with Gasteiger partial charge in [0.25, 0.3) is 5.91 Å². The average Bonchev–Trinajstić information content (AvgIpc) is 2.79. The normalized spacial score (nSPS) is 21.6. The summed E-state index contributed by atoms with van der Waals surface area (Å²) in [5.74, 6) is -0.358. The Morgan fingerprint density at radius 2 is 2.20 bits per heavy atom. The number of phenols is 1. The number of hydrogen-bond donors (Lipinski definition) is 2. The van der Waals surface area contributed by atoms with Crippen LogP contribution in [0.1, 0.15) is 10.4 Å². The van der Waals surface area contributed by atoms with E-state index in [1.54, 1.807) is 15.9 Å². The van der Waals surface area contributed by atoms with Crippen LogP contribution >= 0.6 is 11.6 Å². The number of hydrogen-bond acceptors (Lipinski definition) is 3. The molecule has 2 N–H and O–H groups in total. The van der Waals surface area contributed by atoms with Crippen molar-refractivity contribution in [2.45, 2.75) is 6.04 Å². The Morgan fingerprint density at radius 3 is 2.95 bits per heavy atom. The van der Waals surface area contributed by atoms with E-state index >= 15 is 0 Å². The van der Waals surface area contributed by atoms with E-state index in [1.807, 2.05) is 0 Å². The first-order valence-electron chi connectivity index (χ1n) is 6.38. The van der Waals surface area contributed by atoms with Gasteiger partial charge in [0.05, 0.1) is 11.6 Å². The molecular formula is C13H14ClN3O3. The summed E-state index contributed by atoms with van der Waals surface area (Å²) in [6.07, 6.45) is 0. The van der Waals surface area contributed by atoms with Crippen molar-refractivity contribution >= 4 is 23.5 Å². The fraction of sp³-hybridized carbons (Fsp3) is 0.385. The minimum atomic E-state index is -0.238. The van der Waals surface area contributed by atoms with Gasteiger partial charge in [0.2, 0.25) is 0 Å². The van der Waals surface area contributed by atoms with E-state index in [-0.39, 0.29) is 29.3 Å². The van der Waals surface area contributed by atoms with E-state index in [1.165, 1.54) is 12.1 Å². The van der Waals surface area contributed by atoms with E-state index in [9.17, 15) is 14.7 Å². The number of urea groups is 1. The highest BCUT2D eigenvalue weighted by Crippen LogP contribution is 2.24. The van der Waals surface area contributed by atoms with Gasteiger partial charge in [-0.2, -0.15) is 0 Å². The third kappa shape index (κ3) is 2.16. The quantitative estimate of drug-likeness (QED) is 0.808. The van der Waals surface area contributed by atoms with Crippen LogP contribution in [-0.2, 0) is 0 Å². The number of piperazine rings is 1. The van der Waals surface area contributed by atoms with Crippen LogP contribution in [0.3, 0.4) is 0 Å². The minimum absolute atomic E-state index is 0.00893. The van der Waals surface area contributed by atoms with Crippen molar-refractivity contribution in [3.63, 3.8) is 0 Å². The van der Waals surface area contributed by atoms with Crippen LogP contribution in [0.15, 0.2) is 18.2 Å². The van der Waals surface area contributed by atoms with Gasteiger partial charge in [-0.3, -0.25) is 4.79 Å². The van der Waals surface area contributed by atoms with Crippen molar-refractivity contribution in [3.05, 3.63) is 28.8 Å². The van der Waals surface area contributed by atoms with Crippen molar-refractivity contribution in [2.75, 3.05) is 26.2 Å². The summed E-state index contributed by atoms with van der Waals surface area (Å²) in [6.45, 7) is 2.00. The monoisotopic (exact) mass is 295 g/mol. The molecule has 0 aromatic heterocycles. The summed E-state index contributed by atoms with van der Waals surface area (Å²) in [7, 11) is 0. The van der Waals surface area contributed by atoms with Gasteiger partial charge in [0.1, 0.15) is 5.75 Å². The third-order valence-electron chi connectivity index (χ3n) is 3.71. The molecule has 3 rings (SSSR count). The van der Waals surface area contributed by atoms with Crippen LogP contribution in [0.4, 0.5) is 4.79 Å². The fourth-order valence-electron chi connectivity index (χ4n) is 2.64. The molecule has 1 unspecified atom stereocenters. The lowest BCUT2D eigenvalue weighted by Gasteiger charge is -2.36.